The highest BCUT2D eigenvalue weighted by molar-refractivity contribution is 8.03. The molecule has 0 aromatic carbocycles. The van der Waals surface area contributed by atoms with Crippen LogP contribution < -0.4 is 0 Å². The maximum atomic E-state index is 12.3. The van der Waals surface area contributed by atoms with Gasteiger partial charge < -0.3 is 20.0 Å². The first kappa shape index (κ1) is 17.3. The minimum Gasteiger partial charge on any atom is -0.477 e. The van der Waals surface area contributed by atoms with Gasteiger partial charge in [-0.25, -0.2) is 4.79 Å². The number of carbonyl (C=O) groups excluding carboxylic acids is 1. The van der Waals surface area contributed by atoms with Gasteiger partial charge in [0.2, 0.25) is 5.91 Å². The second-order valence-corrected chi connectivity index (χ2v) is 8.01. The number of amides is 1. The number of aliphatic imine (C=N–C) groups is 1. The lowest BCUT2D eigenvalue weighted by Gasteiger charge is -2.46. The summed E-state index contributed by atoms with van der Waals surface area (Å²) in [6, 6.07) is -0.235. The molecule has 2 fully saturated rings. The maximum Gasteiger partial charge on any atom is 0.353 e. The molecule has 0 radical (unpaired) electrons. The topological polar surface area (TPSA) is 93.4 Å². The molecule has 0 aliphatic carbocycles. The number of carbonyl (C=O) groups is 2. The van der Waals surface area contributed by atoms with Crippen LogP contribution >= 0.6 is 11.8 Å². The third kappa shape index (κ3) is 2.61. The molecule has 3 heterocycles. The number of hydrogen-bond acceptors (Lipinski definition) is 5. The van der Waals surface area contributed by atoms with Gasteiger partial charge in [0.15, 0.2) is 0 Å². The van der Waals surface area contributed by atoms with E-state index in [1.807, 2.05) is 13.3 Å². The highest BCUT2D eigenvalue weighted by atomic mass is 32.2. The molecule has 2 N–H and O–H groups in total. The van der Waals surface area contributed by atoms with Gasteiger partial charge in [0.1, 0.15) is 5.70 Å². The van der Waals surface area contributed by atoms with E-state index in [1.54, 1.807) is 25.7 Å². The van der Waals surface area contributed by atoms with Crippen LogP contribution in [0.25, 0.3) is 0 Å². The first-order chi connectivity index (χ1) is 11.4. The summed E-state index contributed by atoms with van der Waals surface area (Å²) < 4.78 is 0. The zero-order chi connectivity index (χ0) is 17.6. The van der Waals surface area contributed by atoms with Gasteiger partial charge in [0, 0.05) is 36.2 Å². The minimum absolute atomic E-state index is 0.0627. The number of hydrogen-bond donors (Lipinski definition) is 2. The third-order valence-electron chi connectivity index (χ3n) is 5.06. The van der Waals surface area contributed by atoms with Crippen LogP contribution in [0.4, 0.5) is 0 Å². The van der Waals surface area contributed by atoms with Gasteiger partial charge in [-0.3, -0.25) is 9.79 Å². The monoisotopic (exact) mass is 353 g/mol. The van der Waals surface area contributed by atoms with Gasteiger partial charge in [-0.05, 0) is 13.3 Å². The van der Waals surface area contributed by atoms with Crippen molar-refractivity contribution in [2.45, 2.75) is 37.7 Å². The van der Waals surface area contributed by atoms with Crippen LogP contribution in [0.15, 0.2) is 15.6 Å². The molecule has 132 valence electrons. The molecular weight excluding hydrogens is 330 g/mol. The smallest absolute Gasteiger partial charge is 0.353 e. The van der Waals surface area contributed by atoms with E-state index >= 15 is 0 Å². The van der Waals surface area contributed by atoms with E-state index in [9.17, 15) is 19.8 Å². The predicted octanol–water partition coefficient (Wildman–Crippen LogP) is 0.606. The van der Waals surface area contributed by atoms with Crippen molar-refractivity contribution in [1.29, 1.82) is 0 Å². The highest BCUT2D eigenvalue weighted by Crippen LogP contribution is 2.51. The zero-order valence-corrected chi connectivity index (χ0v) is 14.9. The van der Waals surface area contributed by atoms with Crippen LogP contribution in [0.2, 0.25) is 0 Å². The first-order valence-corrected chi connectivity index (χ1v) is 9.06. The molecule has 2 saturated heterocycles. The number of likely N-dealkylation sites (tertiary alicyclic amines) is 1. The van der Waals surface area contributed by atoms with Gasteiger partial charge in [0.05, 0.1) is 24.4 Å². The molecule has 0 aromatic rings. The van der Waals surface area contributed by atoms with Crippen molar-refractivity contribution < 1.29 is 19.8 Å². The van der Waals surface area contributed by atoms with Crippen LogP contribution in [0, 0.1) is 11.8 Å². The van der Waals surface area contributed by atoms with Crippen molar-refractivity contribution >= 4 is 30.0 Å². The lowest BCUT2D eigenvalue weighted by molar-refractivity contribution is -0.163. The number of β-lactam (4-membered cyclic amide) rings is 1. The van der Waals surface area contributed by atoms with E-state index in [1.165, 1.54) is 4.90 Å². The Morgan fingerprint density at radius 3 is 2.79 bits per heavy atom. The number of aliphatic hydroxyl groups is 1. The Labute approximate surface area is 145 Å². The standard InChI is InChI=1S/C16H23N3O4S/c1-8-12-11(9(2)20)15(21)19(12)13(16(22)23)14(8)24-10-4-5-18(6-10)7-17-3/h7-12,20H,4-6H2,1-3H3,(H,22,23)/t8?,9?,10?,11?,12-/m1/s1. The van der Waals surface area contributed by atoms with Gasteiger partial charge in [-0.2, -0.15) is 0 Å². The Kier molecular flexibility index (Phi) is 4.61. The van der Waals surface area contributed by atoms with Gasteiger partial charge in [-0.15, -0.1) is 11.8 Å². The van der Waals surface area contributed by atoms with E-state index in [0.29, 0.717) is 0 Å². The molecule has 8 heteroatoms. The first-order valence-electron chi connectivity index (χ1n) is 8.18. The van der Waals surface area contributed by atoms with E-state index in [2.05, 4.69) is 9.89 Å². The predicted molar refractivity (Wildman–Crippen MR) is 91.6 cm³/mol. The number of rotatable bonds is 5. The van der Waals surface area contributed by atoms with Crippen LogP contribution in [-0.2, 0) is 9.59 Å². The fourth-order valence-corrected chi connectivity index (χ4v) is 5.48. The summed E-state index contributed by atoms with van der Waals surface area (Å²) >= 11 is 1.57. The maximum absolute atomic E-state index is 12.3. The zero-order valence-electron chi connectivity index (χ0n) is 14.0. The van der Waals surface area contributed by atoms with Gasteiger partial charge in [0.25, 0.3) is 0 Å². The molecule has 24 heavy (non-hydrogen) atoms. The Balaban J connectivity index is 1.81. The van der Waals surface area contributed by atoms with Crippen LogP contribution in [0.3, 0.4) is 0 Å². The number of nitrogens with zero attached hydrogens (tertiary/aromatic N) is 3. The summed E-state index contributed by atoms with van der Waals surface area (Å²) in [5.41, 5.74) is 0.113. The molecule has 0 saturated carbocycles. The number of carboxylic acid groups (broad SMARTS) is 1. The number of aliphatic hydroxyl groups excluding tert-OH is 1. The average Bonchev–Trinajstić information content (AvgIpc) is 3.02. The molecule has 0 spiro atoms. The molecule has 7 nitrogen and oxygen atoms in total. The van der Waals surface area contributed by atoms with Crippen molar-refractivity contribution in [3.8, 4) is 0 Å². The molecule has 4 unspecified atom stereocenters. The normalized spacial score (nSPS) is 34.1. The highest BCUT2D eigenvalue weighted by Gasteiger charge is 2.60. The van der Waals surface area contributed by atoms with Crippen LogP contribution in [0.5, 0.6) is 0 Å². The van der Waals surface area contributed by atoms with Gasteiger partial charge in [-0.1, -0.05) is 6.92 Å². The quantitative estimate of drug-likeness (QED) is 0.427. The van der Waals surface area contributed by atoms with E-state index < -0.39 is 18.0 Å². The Morgan fingerprint density at radius 1 is 1.50 bits per heavy atom. The van der Waals surface area contributed by atoms with Crippen molar-refractivity contribution in [1.82, 2.24) is 9.80 Å². The van der Waals surface area contributed by atoms with E-state index in [4.69, 9.17) is 0 Å². The Hall–Kier alpha value is -1.54. The van der Waals surface area contributed by atoms with Crippen molar-refractivity contribution in [2.75, 3.05) is 20.1 Å². The van der Waals surface area contributed by atoms with Gasteiger partial charge >= 0.3 is 5.97 Å². The number of aliphatic carboxylic acids is 1. The molecular formula is C16H23N3O4S. The molecule has 0 bridgehead atoms. The molecule has 0 aromatic heterocycles. The molecule has 3 rings (SSSR count). The molecule has 5 atom stereocenters. The molecule has 1 amide bonds. The fourth-order valence-electron chi connectivity index (χ4n) is 3.98. The summed E-state index contributed by atoms with van der Waals surface area (Å²) in [5, 5.41) is 19.8. The Morgan fingerprint density at radius 2 is 2.21 bits per heavy atom. The van der Waals surface area contributed by atoms with Crippen molar-refractivity contribution in [2.24, 2.45) is 16.8 Å². The largest absolute Gasteiger partial charge is 0.477 e. The number of fused-ring (bicyclic) bond motifs is 1. The number of carboxylic acids is 1. The van der Waals surface area contributed by atoms with Crippen molar-refractivity contribution in [3.63, 3.8) is 0 Å². The van der Waals surface area contributed by atoms with E-state index in [-0.39, 0.29) is 28.8 Å². The minimum atomic E-state index is -1.06. The SMILES string of the molecule is CN=CN1CCC(SC2=C(C(=O)O)N3C(=O)C(C(C)O)[C@H]3C2C)C1. The molecule has 3 aliphatic heterocycles. The average molecular weight is 353 g/mol. The lowest BCUT2D eigenvalue weighted by atomic mass is 9.79. The summed E-state index contributed by atoms with van der Waals surface area (Å²) in [6.07, 6.45) is 2.01. The third-order valence-corrected chi connectivity index (χ3v) is 6.60. The fraction of sp³-hybridized carbons (Fsp3) is 0.688. The summed E-state index contributed by atoms with van der Waals surface area (Å²) in [7, 11) is 1.73. The second kappa shape index (κ2) is 6.40. The lowest BCUT2D eigenvalue weighted by Crippen LogP contribution is -2.63. The van der Waals surface area contributed by atoms with Crippen molar-refractivity contribution in [3.05, 3.63) is 10.6 Å². The molecule has 3 aliphatic rings. The van der Waals surface area contributed by atoms with Crippen LogP contribution in [0.1, 0.15) is 20.3 Å². The summed E-state index contributed by atoms with van der Waals surface area (Å²) in [6.45, 7) is 5.28. The number of thioether (sulfide) groups is 1. The van der Waals surface area contributed by atoms with E-state index in [0.717, 1.165) is 24.4 Å². The Bertz CT molecular complexity index is 618. The summed E-state index contributed by atoms with van der Waals surface area (Å²) in [5.74, 6) is -1.90. The van der Waals surface area contributed by atoms with Crippen LogP contribution in [-0.4, -0.2) is 75.8 Å². The second-order valence-electron chi connectivity index (χ2n) is 6.67. The summed E-state index contributed by atoms with van der Waals surface area (Å²) in [4.78, 5) is 32.3.